The third-order valence-electron chi connectivity index (χ3n) is 3.74. The molecule has 0 heterocycles. The summed E-state index contributed by atoms with van der Waals surface area (Å²) in [5.74, 6) is -1.000. The normalized spacial score (nSPS) is 19.2. The van der Waals surface area contributed by atoms with Crippen molar-refractivity contribution in [2.24, 2.45) is 0 Å². The lowest BCUT2D eigenvalue weighted by atomic mass is 10.0. The second-order valence-electron chi connectivity index (χ2n) is 5.42. The molecule has 116 valence electrons. The van der Waals surface area contributed by atoms with E-state index in [4.69, 9.17) is 4.74 Å². The number of hydrogen-bond acceptors (Lipinski definition) is 5. The Labute approximate surface area is 128 Å². The second kappa shape index (κ2) is 7.04. The van der Waals surface area contributed by atoms with Crippen LogP contribution >= 0.6 is 21.6 Å². The fourth-order valence-electron chi connectivity index (χ4n) is 2.23. The van der Waals surface area contributed by atoms with E-state index in [1.165, 1.54) is 4.90 Å². The van der Waals surface area contributed by atoms with E-state index in [0.717, 1.165) is 0 Å². The summed E-state index contributed by atoms with van der Waals surface area (Å²) in [4.78, 5) is 24.8. The predicted octanol–water partition coefficient (Wildman–Crippen LogP) is 2.26. The van der Waals surface area contributed by atoms with Crippen LogP contribution in [0.5, 0.6) is 0 Å². The molecule has 1 N–H and O–H groups in total. The lowest BCUT2D eigenvalue weighted by Crippen LogP contribution is -2.45. The van der Waals surface area contributed by atoms with E-state index in [0.29, 0.717) is 32.3 Å². The predicted molar refractivity (Wildman–Crippen MR) is 83.0 cm³/mol. The number of carbonyl (C=O) groups is 2. The molecule has 1 fully saturated rings. The first-order chi connectivity index (χ1) is 9.31. The van der Waals surface area contributed by atoms with Gasteiger partial charge in [-0.1, -0.05) is 21.6 Å². The fourth-order valence-corrected chi connectivity index (χ4v) is 4.59. The zero-order valence-corrected chi connectivity index (χ0v) is 14.1. The topological polar surface area (TPSA) is 66.8 Å². The highest BCUT2D eigenvalue weighted by molar-refractivity contribution is 8.77. The van der Waals surface area contributed by atoms with Crippen molar-refractivity contribution in [2.75, 3.05) is 27.0 Å². The minimum absolute atomic E-state index is 0.103. The number of nitrogens with zero attached hydrogens (tertiary/aromatic N) is 1. The molecule has 0 spiro atoms. The number of aliphatic carboxylic acids is 1. The highest BCUT2D eigenvalue weighted by atomic mass is 33.1. The van der Waals surface area contributed by atoms with Crippen LogP contribution in [0.1, 0.15) is 32.6 Å². The van der Waals surface area contributed by atoms with Crippen LogP contribution in [0.15, 0.2) is 0 Å². The number of likely N-dealkylation sites (N-methyl/N-ethyl adjacent to an activating group) is 1. The molecule has 1 unspecified atom stereocenters. The van der Waals surface area contributed by atoms with Crippen molar-refractivity contribution < 1.29 is 19.4 Å². The second-order valence-corrected chi connectivity index (χ2v) is 8.41. The monoisotopic (exact) mass is 321 g/mol. The van der Waals surface area contributed by atoms with E-state index in [1.807, 2.05) is 6.26 Å². The Hall–Kier alpha value is -0.400. The van der Waals surface area contributed by atoms with Crippen LogP contribution in [-0.4, -0.2) is 59.2 Å². The van der Waals surface area contributed by atoms with Gasteiger partial charge in [-0.15, -0.1) is 0 Å². The summed E-state index contributed by atoms with van der Waals surface area (Å²) >= 11 is 0. The van der Waals surface area contributed by atoms with Gasteiger partial charge in [0, 0.05) is 25.3 Å². The molecule has 0 aromatic rings. The van der Waals surface area contributed by atoms with Gasteiger partial charge < -0.3 is 14.7 Å². The first-order valence-electron chi connectivity index (χ1n) is 6.52. The zero-order chi connectivity index (χ0) is 15.4. The number of carbonyl (C=O) groups excluding carboxylic acids is 1. The van der Waals surface area contributed by atoms with Crippen molar-refractivity contribution in [2.45, 2.75) is 42.9 Å². The minimum atomic E-state index is -0.943. The average Bonchev–Trinajstić information content (AvgIpc) is 3.17. The molecule has 1 aliphatic carbocycles. The van der Waals surface area contributed by atoms with E-state index in [-0.39, 0.29) is 10.7 Å². The molecule has 20 heavy (non-hydrogen) atoms. The van der Waals surface area contributed by atoms with Gasteiger partial charge in [0.25, 0.3) is 0 Å². The van der Waals surface area contributed by atoms with Crippen LogP contribution in [-0.2, 0) is 14.3 Å². The van der Waals surface area contributed by atoms with Gasteiger partial charge in [0.2, 0.25) is 5.91 Å². The van der Waals surface area contributed by atoms with E-state index in [9.17, 15) is 14.7 Å². The molecule has 1 saturated carbocycles. The van der Waals surface area contributed by atoms with Crippen LogP contribution in [0.3, 0.4) is 0 Å². The van der Waals surface area contributed by atoms with Crippen molar-refractivity contribution in [1.29, 1.82) is 0 Å². The van der Waals surface area contributed by atoms with E-state index in [2.05, 4.69) is 6.92 Å². The molecular formula is C13H23NO4S2. The molecule has 0 saturated heterocycles. The van der Waals surface area contributed by atoms with Crippen LogP contribution in [0.25, 0.3) is 0 Å². The van der Waals surface area contributed by atoms with Gasteiger partial charge in [0.1, 0.15) is 5.54 Å². The number of carboxylic acids is 1. The van der Waals surface area contributed by atoms with Gasteiger partial charge in [-0.25, -0.2) is 4.79 Å². The summed E-state index contributed by atoms with van der Waals surface area (Å²) in [7, 11) is 6.59. The molecule has 1 rings (SSSR count). The van der Waals surface area contributed by atoms with Gasteiger partial charge >= 0.3 is 5.97 Å². The van der Waals surface area contributed by atoms with Gasteiger partial charge in [-0.2, -0.15) is 0 Å². The maximum Gasteiger partial charge on any atom is 0.329 e. The molecule has 0 aliphatic heterocycles. The molecular weight excluding hydrogens is 298 g/mol. The third kappa shape index (κ3) is 4.05. The van der Waals surface area contributed by atoms with Gasteiger partial charge in [0.05, 0.1) is 6.61 Å². The Balaban J connectivity index is 2.55. The maximum atomic E-state index is 12.2. The standard InChI is InChI=1S/C13H23NO4S2/c1-12(9-18-3,20-19-4)6-5-10(15)14(2)13(7-8-13)11(16)17/h5-9H2,1-4H3,(H,16,17). The fraction of sp³-hybridized carbons (Fsp3) is 0.846. The summed E-state index contributed by atoms with van der Waals surface area (Å²) in [5.41, 5.74) is -0.943. The van der Waals surface area contributed by atoms with Gasteiger partial charge in [-0.3, -0.25) is 4.79 Å². The average molecular weight is 321 g/mol. The SMILES string of the molecule is COCC(C)(CCC(=O)N(C)C1(C(=O)O)CC1)SSC. The summed E-state index contributed by atoms with van der Waals surface area (Å²) < 4.78 is 5.08. The van der Waals surface area contributed by atoms with E-state index >= 15 is 0 Å². The molecule has 0 aromatic carbocycles. The Morgan fingerprint density at radius 3 is 2.45 bits per heavy atom. The molecule has 0 bridgehead atoms. The molecule has 0 radical (unpaired) electrons. The molecule has 1 amide bonds. The summed E-state index contributed by atoms with van der Waals surface area (Å²) in [6.45, 7) is 2.63. The minimum Gasteiger partial charge on any atom is -0.479 e. The lowest BCUT2D eigenvalue weighted by molar-refractivity contribution is -0.151. The summed E-state index contributed by atoms with van der Waals surface area (Å²) in [6.07, 6.45) is 4.12. The first-order valence-corrected chi connectivity index (χ1v) is 9.08. The summed E-state index contributed by atoms with van der Waals surface area (Å²) in [6, 6.07) is 0. The Kier molecular flexibility index (Phi) is 6.22. The molecule has 1 atom stereocenters. The van der Waals surface area contributed by atoms with Crippen LogP contribution in [0, 0.1) is 0 Å². The largest absolute Gasteiger partial charge is 0.479 e. The van der Waals surface area contributed by atoms with E-state index in [1.54, 1.807) is 35.7 Å². The van der Waals surface area contributed by atoms with Crippen molar-refractivity contribution in [3.63, 3.8) is 0 Å². The Morgan fingerprint density at radius 1 is 1.45 bits per heavy atom. The quantitative estimate of drug-likeness (QED) is 0.657. The lowest BCUT2D eigenvalue weighted by Gasteiger charge is -2.29. The number of amides is 1. The van der Waals surface area contributed by atoms with Crippen molar-refractivity contribution in [1.82, 2.24) is 4.90 Å². The van der Waals surface area contributed by atoms with Crippen molar-refractivity contribution in [3.8, 4) is 0 Å². The third-order valence-corrected chi connectivity index (χ3v) is 6.34. The number of methoxy groups -OCH3 is 1. The number of rotatable bonds is 9. The van der Waals surface area contributed by atoms with Crippen LogP contribution in [0.4, 0.5) is 0 Å². The highest BCUT2D eigenvalue weighted by Gasteiger charge is 2.55. The molecule has 1 aliphatic rings. The number of hydrogen-bond donors (Lipinski definition) is 1. The van der Waals surface area contributed by atoms with Crippen LogP contribution < -0.4 is 0 Å². The Bertz CT molecular complexity index is 365. The zero-order valence-electron chi connectivity index (χ0n) is 12.5. The highest BCUT2D eigenvalue weighted by Crippen LogP contribution is 2.42. The van der Waals surface area contributed by atoms with Crippen molar-refractivity contribution >= 4 is 33.5 Å². The van der Waals surface area contributed by atoms with Gasteiger partial charge in [-0.05, 0) is 32.4 Å². The smallest absolute Gasteiger partial charge is 0.329 e. The van der Waals surface area contributed by atoms with Gasteiger partial charge in [0.15, 0.2) is 0 Å². The molecule has 5 nitrogen and oxygen atoms in total. The van der Waals surface area contributed by atoms with Crippen molar-refractivity contribution in [3.05, 3.63) is 0 Å². The van der Waals surface area contributed by atoms with Crippen LogP contribution in [0.2, 0.25) is 0 Å². The molecule has 7 heteroatoms. The number of carboxylic acid groups (broad SMARTS) is 1. The van der Waals surface area contributed by atoms with E-state index < -0.39 is 11.5 Å². The first kappa shape index (κ1) is 17.7. The Morgan fingerprint density at radius 2 is 2.05 bits per heavy atom. The number of ether oxygens (including phenoxy) is 1. The maximum absolute atomic E-state index is 12.2. The summed E-state index contributed by atoms with van der Waals surface area (Å²) in [5, 5.41) is 9.20. The molecule has 0 aromatic heterocycles.